The first-order valence-corrected chi connectivity index (χ1v) is 9.81. The summed E-state index contributed by atoms with van der Waals surface area (Å²) in [4.78, 5) is 17.8. The predicted molar refractivity (Wildman–Crippen MR) is 99.6 cm³/mol. The number of nitrogens with zero attached hydrogens (tertiary/aromatic N) is 2. The van der Waals surface area contributed by atoms with Gasteiger partial charge in [0.15, 0.2) is 0 Å². The summed E-state index contributed by atoms with van der Waals surface area (Å²) in [5, 5.41) is 5.02. The van der Waals surface area contributed by atoms with Crippen molar-refractivity contribution in [1.82, 2.24) is 15.1 Å². The fraction of sp³-hybridized carbons (Fsp3) is 0.722. The zero-order chi connectivity index (χ0) is 17.4. The Kier molecular flexibility index (Phi) is 7.52. The molecule has 1 N–H and O–H groups in total. The number of amides is 1. The highest BCUT2D eigenvalue weighted by atomic mass is 32.1. The number of unbranched alkanes of at least 4 members (excludes halogenated alkanes) is 1. The van der Waals surface area contributed by atoms with Crippen LogP contribution in [0.25, 0.3) is 0 Å². The molecule has 0 bridgehead atoms. The molecule has 136 valence electrons. The van der Waals surface area contributed by atoms with E-state index in [0.717, 1.165) is 45.3 Å². The number of carbonyl (C=O) groups excluding carboxylic acids is 1. The van der Waals surface area contributed by atoms with Crippen LogP contribution >= 0.6 is 11.3 Å². The van der Waals surface area contributed by atoms with Crippen LogP contribution in [0, 0.1) is 0 Å². The van der Waals surface area contributed by atoms with Crippen molar-refractivity contribution >= 4 is 17.4 Å². The van der Waals surface area contributed by atoms with Crippen molar-refractivity contribution in [3.8, 4) is 0 Å². The fourth-order valence-corrected chi connectivity index (χ4v) is 4.35. The summed E-state index contributed by atoms with van der Waals surface area (Å²) >= 11 is 1.86. The van der Waals surface area contributed by atoms with Crippen molar-refractivity contribution in [3.05, 3.63) is 22.4 Å². The van der Waals surface area contributed by atoms with Crippen LogP contribution in [-0.2, 0) is 10.3 Å². The lowest BCUT2D eigenvalue weighted by molar-refractivity contribution is 0.0568. The van der Waals surface area contributed by atoms with Gasteiger partial charge in [-0.3, -0.25) is 4.90 Å². The first-order valence-electron chi connectivity index (χ1n) is 8.93. The van der Waals surface area contributed by atoms with E-state index in [4.69, 9.17) is 4.74 Å². The number of likely N-dealkylation sites (tertiary alicyclic amines) is 1. The first-order chi connectivity index (χ1) is 11.6. The van der Waals surface area contributed by atoms with Gasteiger partial charge in [0.1, 0.15) is 0 Å². The number of hydrogen-bond donors (Lipinski definition) is 1. The van der Waals surface area contributed by atoms with Gasteiger partial charge in [-0.05, 0) is 44.8 Å². The minimum Gasteiger partial charge on any atom is -0.450 e. The molecule has 1 aliphatic rings. The summed E-state index contributed by atoms with van der Waals surface area (Å²) in [6.07, 6.45) is 3.93. The number of carbonyl (C=O) groups is 1. The Labute approximate surface area is 150 Å². The summed E-state index contributed by atoms with van der Waals surface area (Å²) in [6.45, 7) is 6.25. The lowest BCUT2D eigenvalue weighted by Gasteiger charge is -2.45. The van der Waals surface area contributed by atoms with Gasteiger partial charge in [-0.2, -0.15) is 0 Å². The summed E-state index contributed by atoms with van der Waals surface area (Å²) in [5.74, 6) is 0. The van der Waals surface area contributed by atoms with Crippen molar-refractivity contribution in [2.24, 2.45) is 0 Å². The summed E-state index contributed by atoms with van der Waals surface area (Å²) in [6, 6.07) is 4.40. The molecule has 1 aromatic heterocycles. The zero-order valence-electron chi connectivity index (χ0n) is 15.2. The second kappa shape index (κ2) is 9.39. The molecule has 2 rings (SSSR count). The second-order valence-electron chi connectivity index (χ2n) is 6.66. The van der Waals surface area contributed by atoms with Gasteiger partial charge in [-0.1, -0.05) is 19.4 Å². The Morgan fingerprint density at radius 3 is 2.75 bits per heavy atom. The van der Waals surface area contributed by atoms with E-state index in [1.807, 2.05) is 11.3 Å². The molecule has 0 atom stereocenters. The maximum absolute atomic E-state index is 11.6. The van der Waals surface area contributed by atoms with E-state index in [2.05, 4.69) is 53.6 Å². The number of hydrogen-bond acceptors (Lipinski definition) is 5. The average Bonchev–Trinajstić information content (AvgIpc) is 3.10. The van der Waals surface area contributed by atoms with E-state index in [1.165, 1.54) is 4.88 Å². The third kappa shape index (κ3) is 4.94. The molecule has 1 fully saturated rings. The lowest BCUT2D eigenvalue weighted by Crippen LogP contribution is -2.51. The standard InChI is InChI=1S/C18H31N3O2S/c1-4-5-14-23-17(22)19-10-13-21-11-8-18(9-12-21,20(2)3)16-7-6-15-24-16/h6-7,15H,4-5,8-14H2,1-3H3,(H,19,22). The molecule has 0 radical (unpaired) electrons. The summed E-state index contributed by atoms with van der Waals surface area (Å²) < 4.78 is 5.11. The zero-order valence-corrected chi connectivity index (χ0v) is 16.0. The van der Waals surface area contributed by atoms with Gasteiger partial charge in [-0.15, -0.1) is 11.3 Å². The van der Waals surface area contributed by atoms with Gasteiger partial charge in [0.2, 0.25) is 0 Å². The number of alkyl carbamates (subject to hydrolysis) is 1. The molecule has 6 heteroatoms. The van der Waals surface area contributed by atoms with Crippen molar-refractivity contribution < 1.29 is 9.53 Å². The van der Waals surface area contributed by atoms with Crippen LogP contribution in [0.5, 0.6) is 0 Å². The molecule has 1 amide bonds. The fourth-order valence-electron chi connectivity index (χ4n) is 3.28. The number of rotatable bonds is 8. The lowest BCUT2D eigenvalue weighted by atomic mass is 9.84. The minimum atomic E-state index is -0.290. The van der Waals surface area contributed by atoms with E-state index >= 15 is 0 Å². The Morgan fingerprint density at radius 1 is 1.42 bits per heavy atom. The molecule has 0 saturated carbocycles. The monoisotopic (exact) mass is 353 g/mol. The van der Waals surface area contributed by atoms with E-state index < -0.39 is 0 Å². The number of piperidine rings is 1. The maximum atomic E-state index is 11.6. The van der Waals surface area contributed by atoms with Crippen LogP contribution in [0.1, 0.15) is 37.5 Å². The summed E-state index contributed by atoms with van der Waals surface area (Å²) in [7, 11) is 4.37. The first kappa shape index (κ1) is 19.2. The van der Waals surface area contributed by atoms with Crippen LogP contribution < -0.4 is 5.32 Å². The van der Waals surface area contributed by atoms with Crippen LogP contribution in [0.2, 0.25) is 0 Å². The van der Waals surface area contributed by atoms with Crippen molar-refractivity contribution in [2.45, 2.75) is 38.1 Å². The van der Waals surface area contributed by atoms with Crippen LogP contribution in [0.4, 0.5) is 4.79 Å². The Hall–Kier alpha value is -1.11. The molecule has 24 heavy (non-hydrogen) atoms. The van der Waals surface area contributed by atoms with Crippen molar-refractivity contribution in [3.63, 3.8) is 0 Å². The van der Waals surface area contributed by atoms with Gasteiger partial charge in [0.25, 0.3) is 0 Å². The highest BCUT2D eigenvalue weighted by Gasteiger charge is 2.38. The molecule has 0 aromatic carbocycles. The smallest absolute Gasteiger partial charge is 0.407 e. The third-order valence-electron chi connectivity index (χ3n) is 4.95. The maximum Gasteiger partial charge on any atom is 0.407 e. The molecular formula is C18H31N3O2S. The molecule has 0 aliphatic carbocycles. The molecule has 0 unspecified atom stereocenters. The normalized spacial score (nSPS) is 17.8. The SMILES string of the molecule is CCCCOC(=O)NCCN1CCC(c2cccs2)(N(C)C)CC1. The summed E-state index contributed by atoms with van der Waals surface area (Å²) in [5.41, 5.74) is 0.164. The molecule has 0 spiro atoms. The molecule has 1 aromatic rings. The number of thiophene rings is 1. The van der Waals surface area contributed by atoms with Crippen LogP contribution in [0.3, 0.4) is 0 Å². The van der Waals surface area contributed by atoms with Crippen LogP contribution in [0.15, 0.2) is 17.5 Å². The largest absolute Gasteiger partial charge is 0.450 e. The minimum absolute atomic E-state index is 0.164. The van der Waals surface area contributed by atoms with E-state index in [9.17, 15) is 4.79 Å². The Bertz CT molecular complexity index is 482. The second-order valence-corrected chi connectivity index (χ2v) is 7.61. The topological polar surface area (TPSA) is 44.8 Å². The quantitative estimate of drug-likeness (QED) is 0.729. The van der Waals surface area contributed by atoms with Crippen molar-refractivity contribution in [2.75, 3.05) is 46.9 Å². The third-order valence-corrected chi connectivity index (χ3v) is 6.01. The van der Waals surface area contributed by atoms with Gasteiger partial charge in [0, 0.05) is 31.1 Å². The van der Waals surface area contributed by atoms with Crippen LogP contribution in [-0.4, -0.2) is 62.8 Å². The molecular weight excluding hydrogens is 322 g/mol. The van der Waals surface area contributed by atoms with Gasteiger partial charge >= 0.3 is 6.09 Å². The van der Waals surface area contributed by atoms with Crippen molar-refractivity contribution in [1.29, 1.82) is 0 Å². The predicted octanol–water partition coefficient (Wildman–Crippen LogP) is 3.13. The van der Waals surface area contributed by atoms with E-state index in [-0.39, 0.29) is 11.6 Å². The number of nitrogens with one attached hydrogen (secondary N) is 1. The van der Waals surface area contributed by atoms with Gasteiger partial charge in [-0.25, -0.2) is 4.79 Å². The highest BCUT2D eigenvalue weighted by Crippen LogP contribution is 2.39. The Morgan fingerprint density at radius 2 is 2.17 bits per heavy atom. The van der Waals surface area contributed by atoms with E-state index in [0.29, 0.717) is 13.2 Å². The number of ether oxygens (including phenoxy) is 1. The average molecular weight is 354 g/mol. The van der Waals surface area contributed by atoms with E-state index in [1.54, 1.807) is 0 Å². The molecule has 2 heterocycles. The Balaban J connectivity index is 1.73. The molecule has 5 nitrogen and oxygen atoms in total. The van der Waals surface area contributed by atoms with Gasteiger partial charge in [0.05, 0.1) is 12.1 Å². The molecule has 1 saturated heterocycles. The highest BCUT2D eigenvalue weighted by molar-refractivity contribution is 7.10. The molecule has 1 aliphatic heterocycles. The van der Waals surface area contributed by atoms with Gasteiger partial charge < -0.3 is 15.0 Å².